The van der Waals surface area contributed by atoms with Crippen molar-refractivity contribution < 1.29 is 4.79 Å². The zero-order chi connectivity index (χ0) is 14.8. The van der Waals surface area contributed by atoms with Crippen LogP contribution in [0.1, 0.15) is 5.56 Å². The van der Waals surface area contributed by atoms with Crippen LogP contribution in [0.3, 0.4) is 0 Å². The molecule has 1 amide bonds. The second-order valence-corrected chi connectivity index (χ2v) is 5.45. The van der Waals surface area contributed by atoms with Gasteiger partial charge in [0.05, 0.1) is 6.42 Å². The summed E-state index contributed by atoms with van der Waals surface area (Å²) >= 11 is 5.83. The van der Waals surface area contributed by atoms with E-state index < -0.39 is 0 Å². The van der Waals surface area contributed by atoms with Crippen molar-refractivity contribution in [2.45, 2.75) is 6.42 Å². The summed E-state index contributed by atoms with van der Waals surface area (Å²) in [6, 6.07) is 15.2. The summed E-state index contributed by atoms with van der Waals surface area (Å²) in [6.07, 6.45) is 2.36. The van der Waals surface area contributed by atoms with E-state index in [0.717, 1.165) is 22.2 Å². The van der Waals surface area contributed by atoms with Crippen LogP contribution in [0, 0.1) is 0 Å². The summed E-state index contributed by atoms with van der Waals surface area (Å²) in [6.45, 7) is 0. The lowest BCUT2D eigenvalue weighted by Gasteiger charge is -2.04. The molecule has 0 unspecified atom stereocenters. The Kier molecular flexibility index (Phi) is 3.67. The molecule has 0 saturated heterocycles. The molecule has 0 saturated carbocycles. The monoisotopic (exact) mass is 298 g/mol. The van der Waals surface area contributed by atoms with E-state index in [-0.39, 0.29) is 5.91 Å². The van der Waals surface area contributed by atoms with Crippen LogP contribution in [0.2, 0.25) is 5.02 Å². The topological polar surface area (TPSA) is 34.0 Å². The number of anilines is 1. The Balaban J connectivity index is 1.79. The van der Waals surface area contributed by atoms with Gasteiger partial charge in [-0.25, -0.2) is 0 Å². The fraction of sp³-hybridized carbons (Fsp3) is 0.118. The Bertz CT molecular complexity index is 790. The number of carbonyl (C=O) groups is 1. The number of hydrogen-bond acceptors (Lipinski definition) is 1. The highest BCUT2D eigenvalue weighted by Crippen LogP contribution is 2.21. The second-order valence-electron chi connectivity index (χ2n) is 5.01. The molecule has 106 valence electrons. The number of nitrogens with one attached hydrogen (secondary N) is 1. The Morgan fingerprint density at radius 2 is 1.86 bits per heavy atom. The molecule has 3 aromatic rings. The molecule has 0 bridgehead atoms. The van der Waals surface area contributed by atoms with Gasteiger partial charge in [0.15, 0.2) is 0 Å². The molecule has 0 aliphatic rings. The summed E-state index contributed by atoms with van der Waals surface area (Å²) in [7, 11) is 1.99. The van der Waals surface area contributed by atoms with Crippen molar-refractivity contribution in [1.82, 2.24) is 4.57 Å². The second kappa shape index (κ2) is 5.62. The van der Waals surface area contributed by atoms with Gasteiger partial charge in [-0.15, -0.1) is 0 Å². The van der Waals surface area contributed by atoms with E-state index in [1.54, 1.807) is 24.3 Å². The van der Waals surface area contributed by atoms with Gasteiger partial charge in [0.2, 0.25) is 5.91 Å². The molecule has 21 heavy (non-hydrogen) atoms. The average Bonchev–Trinajstić information content (AvgIpc) is 2.78. The molecule has 0 spiro atoms. The van der Waals surface area contributed by atoms with Gasteiger partial charge in [-0.1, -0.05) is 29.8 Å². The Labute approximate surface area is 128 Å². The van der Waals surface area contributed by atoms with Crippen molar-refractivity contribution in [3.8, 4) is 0 Å². The van der Waals surface area contributed by atoms with Crippen molar-refractivity contribution >= 4 is 34.1 Å². The maximum absolute atomic E-state index is 12.2. The third kappa shape index (κ3) is 2.93. The molecule has 0 radical (unpaired) electrons. The van der Waals surface area contributed by atoms with Crippen LogP contribution in [-0.2, 0) is 18.3 Å². The highest BCUT2D eigenvalue weighted by atomic mass is 35.5. The van der Waals surface area contributed by atoms with Crippen LogP contribution in [-0.4, -0.2) is 10.5 Å². The number of fused-ring (bicyclic) bond motifs is 1. The van der Waals surface area contributed by atoms with E-state index in [0.29, 0.717) is 11.4 Å². The zero-order valence-electron chi connectivity index (χ0n) is 11.6. The van der Waals surface area contributed by atoms with Gasteiger partial charge in [0, 0.05) is 34.9 Å². The fourth-order valence-electron chi connectivity index (χ4n) is 2.48. The largest absolute Gasteiger partial charge is 0.350 e. The summed E-state index contributed by atoms with van der Waals surface area (Å²) in [5.74, 6) is -0.0336. The normalized spacial score (nSPS) is 10.8. The minimum atomic E-state index is -0.0336. The molecule has 3 rings (SSSR count). The predicted octanol–water partition coefficient (Wildman–Crippen LogP) is 4.01. The Morgan fingerprint density at radius 1 is 1.14 bits per heavy atom. The van der Waals surface area contributed by atoms with Crippen molar-refractivity contribution in [3.63, 3.8) is 0 Å². The number of hydrogen-bond donors (Lipinski definition) is 1. The average molecular weight is 299 g/mol. The molecule has 0 aliphatic carbocycles. The lowest BCUT2D eigenvalue weighted by Crippen LogP contribution is -2.14. The first-order valence-electron chi connectivity index (χ1n) is 6.72. The highest BCUT2D eigenvalue weighted by Gasteiger charge is 2.10. The lowest BCUT2D eigenvalue weighted by atomic mass is 10.1. The summed E-state index contributed by atoms with van der Waals surface area (Å²) in [5, 5.41) is 4.66. The first-order chi connectivity index (χ1) is 10.1. The van der Waals surface area contributed by atoms with Crippen molar-refractivity contribution in [2.75, 3.05) is 5.32 Å². The predicted molar refractivity (Wildman–Crippen MR) is 86.7 cm³/mol. The van der Waals surface area contributed by atoms with E-state index in [1.165, 1.54) is 0 Å². The number of nitrogens with zero attached hydrogens (tertiary/aromatic N) is 1. The van der Waals surface area contributed by atoms with E-state index in [4.69, 9.17) is 11.6 Å². The summed E-state index contributed by atoms with van der Waals surface area (Å²) in [5.41, 5.74) is 2.91. The van der Waals surface area contributed by atoms with Crippen molar-refractivity contribution in [1.29, 1.82) is 0 Å². The molecule has 0 atom stereocenters. The first kappa shape index (κ1) is 13.7. The number of benzene rings is 2. The van der Waals surface area contributed by atoms with Crippen LogP contribution in [0.4, 0.5) is 5.69 Å². The molecule has 4 heteroatoms. The van der Waals surface area contributed by atoms with Crippen molar-refractivity contribution in [2.24, 2.45) is 7.05 Å². The molecule has 1 heterocycles. The SMILES string of the molecule is Cn1cc(CC(=O)Nc2ccc(Cl)cc2)c2ccccc21. The third-order valence-corrected chi connectivity index (χ3v) is 3.71. The fourth-order valence-corrected chi connectivity index (χ4v) is 2.60. The van der Waals surface area contributed by atoms with Crippen LogP contribution < -0.4 is 5.32 Å². The van der Waals surface area contributed by atoms with E-state index in [9.17, 15) is 4.79 Å². The van der Waals surface area contributed by atoms with E-state index in [1.807, 2.05) is 36.0 Å². The van der Waals surface area contributed by atoms with Gasteiger partial charge in [-0.2, -0.15) is 0 Å². The van der Waals surface area contributed by atoms with Gasteiger partial charge in [-0.3, -0.25) is 4.79 Å². The molecule has 1 aromatic heterocycles. The minimum absolute atomic E-state index is 0.0336. The number of carbonyl (C=O) groups excluding carboxylic acids is 1. The lowest BCUT2D eigenvalue weighted by molar-refractivity contribution is -0.115. The zero-order valence-corrected chi connectivity index (χ0v) is 12.4. The quantitative estimate of drug-likeness (QED) is 0.779. The molecule has 1 N–H and O–H groups in total. The number of aryl methyl sites for hydroxylation is 1. The minimum Gasteiger partial charge on any atom is -0.350 e. The van der Waals surface area contributed by atoms with Gasteiger partial charge in [-0.05, 0) is 35.9 Å². The maximum atomic E-state index is 12.2. The van der Waals surface area contributed by atoms with Gasteiger partial charge in [0.25, 0.3) is 0 Å². The molecular weight excluding hydrogens is 284 g/mol. The maximum Gasteiger partial charge on any atom is 0.228 e. The van der Waals surface area contributed by atoms with E-state index >= 15 is 0 Å². The standard InChI is InChI=1S/C17H15ClN2O/c1-20-11-12(15-4-2-3-5-16(15)20)10-17(21)19-14-8-6-13(18)7-9-14/h2-9,11H,10H2,1H3,(H,19,21). The van der Waals surface area contributed by atoms with Gasteiger partial charge < -0.3 is 9.88 Å². The van der Waals surface area contributed by atoms with Crippen molar-refractivity contribution in [3.05, 3.63) is 65.3 Å². The van der Waals surface area contributed by atoms with Crippen LogP contribution in [0.5, 0.6) is 0 Å². The summed E-state index contributed by atoms with van der Waals surface area (Å²) in [4.78, 5) is 12.2. The molecule has 3 nitrogen and oxygen atoms in total. The summed E-state index contributed by atoms with van der Waals surface area (Å²) < 4.78 is 2.04. The molecular formula is C17H15ClN2O. The number of rotatable bonds is 3. The third-order valence-electron chi connectivity index (χ3n) is 3.46. The van der Waals surface area contributed by atoms with Crippen LogP contribution >= 0.6 is 11.6 Å². The molecule has 2 aromatic carbocycles. The van der Waals surface area contributed by atoms with Crippen LogP contribution in [0.25, 0.3) is 10.9 Å². The smallest absolute Gasteiger partial charge is 0.228 e. The Morgan fingerprint density at radius 3 is 2.62 bits per heavy atom. The molecule has 0 aliphatic heterocycles. The highest BCUT2D eigenvalue weighted by molar-refractivity contribution is 6.30. The van der Waals surface area contributed by atoms with Gasteiger partial charge >= 0.3 is 0 Å². The van der Waals surface area contributed by atoms with E-state index in [2.05, 4.69) is 11.4 Å². The molecule has 0 fully saturated rings. The van der Waals surface area contributed by atoms with Crippen LogP contribution in [0.15, 0.2) is 54.7 Å². The number of aromatic nitrogens is 1. The van der Waals surface area contributed by atoms with Gasteiger partial charge in [0.1, 0.15) is 0 Å². The Hall–Kier alpha value is -2.26. The number of amides is 1. The number of para-hydroxylation sites is 1. The first-order valence-corrected chi connectivity index (χ1v) is 7.09. The number of halogens is 1.